The molecule has 0 radical (unpaired) electrons. The van der Waals surface area contributed by atoms with Gasteiger partial charge in [-0.1, -0.05) is 6.07 Å². The van der Waals surface area contributed by atoms with Crippen molar-refractivity contribution >= 4 is 11.7 Å². The first-order valence-electron chi connectivity index (χ1n) is 7.20. The van der Waals surface area contributed by atoms with Crippen molar-refractivity contribution in [1.29, 1.82) is 0 Å². The molecular formula is C15H19N5O. The van der Waals surface area contributed by atoms with E-state index in [1.165, 1.54) is 17.5 Å². The number of carbonyl (C=O) groups is 1. The monoisotopic (exact) mass is 285 g/mol. The number of nitrogens with one attached hydrogen (secondary N) is 3. The second-order valence-electron chi connectivity index (χ2n) is 5.44. The van der Waals surface area contributed by atoms with Crippen LogP contribution in [0.2, 0.25) is 0 Å². The van der Waals surface area contributed by atoms with E-state index >= 15 is 0 Å². The van der Waals surface area contributed by atoms with Crippen molar-refractivity contribution in [3.05, 3.63) is 41.0 Å². The zero-order chi connectivity index (χ0) is 14.8. The van der Waals surface area contributed by atoms with Crippen LogP contribution in [0.5, 0.6) is 0 Å². The number of hydrogen-bond acceptors (Lipinski definition) is 3. The summed E-state index contributed by atoms with van der Waals surface area (Å²) in [6.07, 6.45) is 3.44. The fourth-order valence-corrected chi connectivity index (χ4v) is 2.63. The Morgan fingerprint density at radius 2 is 2.14 bits per heavy atom. The van der Waals surface area contributed by atoms with Gasteiger partial charge in [-0.3, -0.25) is 5.10 Å². The van der Waals surface area contributed by atoms with Gasteiger partial charge in [-0.15, -0.1) is 0 Å². The number of urea groups is 1. The normalized spacial score (nSPS) is 14.6. The van der Waals surface area contributed by atoms with Crippen LogP contribution in [0, 0.1) is 6.92 Å². The number of aryl methyl sites for hydroxylation is 3. The molecule has 0 unspecified atom stereocenters. The molecule has 1 heterocycles. The van der Waals surface area contributed by atoms with Gasteiger partial charge in [0.25, 0.3) is 0 Å². The Labute approximate surface area is 123 Å². The van der Waals surface area contributed by atoms with Crippen LogP contribution in [-0.2, 0) is 12.8 Å². The van der Waals surface area contributed by atoms with E-state index < -0.39 is 0 Å². The highest BCUT2D eigenvalue weighted by Crippen LogP contribution is 2.24. The molecule has 0 saturated heterocycles. The summed E-state index contributed by atoms with van der Waals surface area (Å²) in [5.41, 5.74) is 3.56. The van der Waals surface area contributed by atoms with Crippen LogP contribution >= 0.6 is 0 Å². The lowest BCUT2D eigenvalue weighted by molar-refractivity contribution is 0.249. The first kappa shape index (κ1) is 13.6. The van der Waals surface area contributed by atoms with Gasteiger partial charge >= 0.3 is 6.03 Å². The Balaban J connectivity index is 1.61. The van der Waals surface area contributed by atoms with Crippen molar-refractivity contribution in [3.63, 3.8) is 0 Å². The summed E-state index contributed by atoms with van der Waals surface area (Å²) in [6.45, 7) is 3.68. The largest absolute Gasteiger partial charge is 0.328 e. The van der Waals surface area contributed by atoms with Gasteiger partial charge in [0.15, 0.2) is 5.82 Å². The van der Waals surface area contributed by atoms with Gasteiger partial charge in [0.05, 0.1) is 6.04 Å². The van der Waals surface area contributed by atoms with E-state index in [0.29, 0.717) is 5.82 Å². The molecule has 3 rings (SSSR count). The zero-order valence-electron chi connectivity index (χ0n) is 12.2. The van der Waals surface area contributed by atoms with Gasteiger partial charge < -0.3 is 10.6 Å². The first-order valence-corrected chi connectivity index (χ1v) is 7.20. The number of hydrogen-bond donors (Lipinski definition) is 3. The van der Waals surface area contributed by atoms with Crippen molar-refractivity contribution in [2.45, 2.75) is 39.2 Å². The van der Waals surface area contributed by atoms with Crippen molar-refractivity contribution in [2.75, 3.05) is 5.32 Å². The van der Waals surface area contributed by atoms with Gasteiger partial charge in [0, 0.05) is 5.69 Å². The van der Waals surface area contributed by atoms with E-state index in [2.05, 4.69) is 37.9 Å². The highest BCUT2D eigenvalue weighted by atomic mass is 16.2. The third-order valence-corrected chi connectivity index (χ3v) is 3.71. The fraction of sp³-hybridized carbons (Fsp3) is 0.400. The Morgan fingerprint density at radius 1 is 1.33 bits per heavy atom. The molecule has 1 aliphatic rings. The van der Waals surface area contributed by atoms with Crippen LogP contribution in [0.25, 0.3) is 0 Å². The summed E-state index contributed by atoms with van der Waals surface area (Å²) in [4.78, 5) is 16.2. The molecule has 6 heteroatoms. The number of anilines is 1. The van der Waals surface area contributed by atoms with E-state index in [1.807, 2.05) is 19.9 Å². The minimum atomic E-state index is -0.247. The molecule has 1 aromatic heterocycles. The van der Waals surface area contributed by atoms with Crippen LogP contribution in [0.3, 0.4) is 0 Å². The van der Waals surface area contributed by atoms with Crippen molar-refractivity contribution in [3.8, 4) is 0 Å². The molecule has 0 saturated carbocycles. The number of H-pyrrole nitrogens is 1. The quantitative estimate of drug-likeness (QED) is 0.810. The standard InChI is InChI=1S/C15H19N5O/c1-9(14-17-10(2)19-20-14)16-15(21)18-13-7-6-11-4-3-5-12(11)8-13/h6-9H,3-5H2,1-2H3,(H2,16,18,21)(H,17,19,20)/t9-/m0/s1. The summed E-state index contributed by atoms with van der Waals surface area (Å²) >= 11 is 0. The van der Waals surface area contributed by atoms with E-state index in [1.54, 1.807) is 0 Å². The number of rotatable bonds is 3. The topological polar surface area (TPSA) is 82.7 Å². The molecule has 0 aliphatic heterocycles. The third-order valence-electron chi connectivity index (χ3n) is 3.71. The minimum absolute atomic E-state index is 0.246. The Hall–Kier alpha value is -2.37. The second-order valence-corrected chi connectivity index (χ2v) is 5.44. The molecular weight excluding hydrogens is 266 g/mol. The smallest absolute Gasteiger partial charge is 0.319 e. The summed E-state index contributed by atoms with van der Waals surface area (Å²) < 4.78 is 0. The number of aromatic amines is 1. The zero-order valence-corrected chi connectivity index (χ0v) is 12.2. The van der Waals surface area contributed by atoms with Gasteiger partial charge in [-0.2, -0.15) is 5.10 Å². The van der Waals surface area contributed by atoms with Crippen LogP contribution < -0.4 is 10.6 Å². The molecule has 0 spiro atoms. The molecule has 0 fully saturated rings. The Morgan fingerprint density at radius 3 is 2.90 bits per heavy atom. The van der Waals surface area contributed by atoms with E-state index in [-0.39, 0.29) is 12.1 Å². The van der Waals surface area contributed by atoms with E-state index in [4.69, 9.17) is 0 Å². The summed E-state index contributed by atoms with van der Waals surface area (Å²) in [5.74, 6) is 1.31. The van der Waals surface area contributed by atoms with Gasteiger partial charge in [-0.25, -0.2) is 9.78 Å². The highest BCUT2D eigenvalue weighted by molar-refractivity contribution is 5.89. The van der Waals surface area contributed by atoms with Crippen molar-refractivity contribution in [1.82, 2.24) is 20.5 Å². The maximum absolute atomic E-state index is 12.0. The highest BCUT2D eigenvalue weighted by Gasteiger charge is 2.15. The lowest BCUT2D eigenvalue weighted by atomic mass is 10.1. The van der Waals surface area contributed by atoms with Crippen LogP contribution in [0.15, 0.2) is 18.2 Å². The SMILES string of the molecule is Cc1nc([C@H](C)NC(=O)Nc2ccc3c(c2)CCC3)n[nH]1. The minimum Gasteiger partial charge on any atom is -0.328 e. The molecule has 6 nitrogen and oxygen atoms in total. The third kappa shape index (κ3) is 3.04. The van der Waals surface area contributed by atoms with Crippen LogP contribution in [-0.4, -0.2) is 21.2 Å². The van der Waals surface area contributed by atoms with E-state index in [0.717, 1.165) is 24.4 Å². The molecule has 2 aromatic rings. The van der Waals surface area contributed by atoms with Crippen molar-refractivity contribution in [2.24, 2.45) is 0 Å². The Bertz CT molecular complexity index is 664. The van der Waals surface area contributed by atoms with Crippen LogP contribution in [0.4, 0.5) is 10.5 Å². The molecule has 1 aromatic carbocycles. The lowest BCUT2D eigenvalue weighted by Crippen LogP contribution is -2.31. The maximum Gasteiger partial charge on any atom is 0.319 e. The number of fused-ring (bicyclic) bond motifs is 1. The number of nitrogens with zero attached hydrogens (tertiary/aromatic N) is 2. The molecule has 2 amide bonds. The molecule has 1 aliphatic carbocycles. The number of amides is 2. The summed E-state index contributed by atoms with van der Waals surface area (Å²) in [6, 6.07) is 5.61. The number of carbonyl (C=O) groups excluding carboxylic acids is 1. The summed E-state index contributed by atoms with van der Waals surface area (Å²) in [5, 5.41) is 12.5. The average molecular weight is 285 g/mol. The number of benzene rings is 1. The van der Waals surface area contributed by atoms with Gasteiger partial charge in [0.1, 0.15) is 5.82 Å². The molecule has 3 N–H and O–H groups in total. The molecule has 1 atom stereocenters. The first-order chi connectivity index (χ1) is 10.1. The average Bonchev–Trinajstić information content (AvgIpc) is 3.06. The Kier molecular flexibility index (Phi) is 3.60. The summed E-state index contributed by atoms with van der Waals surface area (Å²) in [7, 11) is 0. The molecule has 21 heavy (non-hydrogen) atoms. The van der Waals surface area contributed by atoms with Crippen LogP contribution in [0.1, 0.15) is 42.2 Å². The predicted molar refractivity (Wildman–Crippen MR) is 80.2 cm³/mol. The van der Waals surface area contributed by atoms with Gasteiger partial charge in [-0.05, 0) is 56.4 Å². The molecule has 110 valence electrons. The van der Waals surface area contributed by atoms with E-state index in [9.17, 15) is 4.79 Å². The van der Waals surface area contributed by atoms with Gasteiger partial charge in [0.2, 0.25) is 0 Å². The maximum atomic E-state index is 12.0. The van der Waals surface area contributed by atoms with Crippen molar-refractivity contribution < 1.29 is 4.79 Å². The number of aromatic nitrogens is 3. The predicted octanol–water partition coefficient (Wildman–Crippen LogP) is 2.48. The fourth-order valence-electron chi connectivity index (χ4n) is 2.63. The molecule has 0 bridgehead atoms. The second kappa shape index (κ2) is 5.55. The lowest BCUT2D eigenvalue weighted by Gasteiger charge is -2.12.